The van der Waals surface area contributed by atoms with Crippen LogP contribution in [0.15, 0.2) is 24.3 Å². The van der Waals surface area contributed by atoms with E-state index in [0.717, 1.165) is 71.4 Å². The Labute approximate surface area is 188 Å². The van der Waals surface area contributed by atoms with Crippen LogP contribution in [0, 0.1) is 17.2 Å². The first-order chi connectivity index (χ1) is 15.3. The molecule has 0 spiro atoms. The molecule has 4 nitrogen and oxygen atoms in total. The highest BCUT2D eigenvalue weighted by Gasteiger charge is 2.40. The molecule has 32 heavy (non-hydrogen) atoms. The standard InChI is InChI=1S/C25H32F3N3O/c1-17(25(26,27)28)19-4-6-20(7-5-19)24(32)31(22-10-11-22)23-12-14-30(15-13-23)21-8-2-18(16-29)3-9-21/h4-7,17-18,21-23H,2-3,8-15H2,1H3. The molecule has 7 heteroatoms. The van der Waals surface area contributed by atoms with Gasteiger partial charge in [0.2, 0.25) is 0 Å². The molecule has 2 aliphatic carbocycles. The minimum absolute atomic E-state index is 0.0494. The van der Waals surface area contributed by atoms with Gasteiger partial charge in [0, 0.05) is 42.7 Å². The Balaban J connectivity index is 1.37. The highest BCUT2D eigenvalue weighted by Crippen LogP contribution is 2.37. The van der Waals surface area contributed by atoms with Crippen LogP contribution in [0.5, 0.6) is 0 Å². The van der Waals surface area contributed by atoms with Gasteiger partial charge in [-0.1, -0.05) is 12.1 Å². The number of carbonyl (C=O) groups is 1. The van der Waals surface area contributed by atoms with Gasteiger partial charge in [0.1, 0.15) is 0 Å². The topological polar surface area (TPSA) is 47.3 Å². The first-order valence-corrected chi connectivity index (χ1v) is 11.9. The molecule has 1 amide bonds. The zero-order valence-corrected chi connectivity index (χ0v) is 18.7. The molecule has 1 unspecified atom stereocenters. The van der Waals surface area contributed by atoms with Crippen LogP contribution in [0.25, 0.3) is 0 Å². The van der Waals surface area contributed by atoms with E-state index in [-0.39, 0.29) is 29.5 Å². The lowest BCUT2D eigenvalue weighted by Crippen LogP contribution is -2.51. The van der Waals surface area contributed by atoms with E-state index in [9.17, 15) is 18.0 Å². The fourth-order valence-corrected chi connectivity index (χ4v) is 5.33. The number of rotatable bonds is 5. The molecule has 1 aromatic rings. The molecule has 3 aliphatic rings. The van der Waals surface area contributed by atoms with Gasteiger partial charge in [0.25, 0.3) is 5.91 Å². The Bertz CT molecular complexity index is 827. The highest BCUT2D eigenvalue weighted by molar-refractivity contribution is 5.95. The van der Waals surface area contributed by atoms with E-state index in [0.29, 0.717) is 11.6 Å². The van der Waals surface area contributed by atoms with Crippen molar-refractivity contribution >= 4 is 5.91 Å². The number of nitrogens with zero attached hydrogens (tertiary/aromatic N) is 3. The molecule has 1 saturated heterocycles. The monoisotopic (exact) mass is 447 g/mol. The smallest absolute Gasteiger partial charge is 0.333 e. The van der Waals surface area contributed by atoms with Crippen molar-refractivity contribution in [3.05, 3.63) is 35.4 Å². The van der Waals surface area contributed by atoms with Crippen molar-refractivity contribution in [2.45, 2.75) is 88.5 Å². The van der Waals surface area contributed by atoms with Crippen molar-refractivity contribution in [2.24, 2.45) is 5.92 Å². The van der Waals surface area contributed by atoms with Gasteiger partial charge in [-0.3, -0.25) is 4.79 Å². The third kappa shape index (κ3) is 5.11. The molecule has 0 aromatic heterocycles. The lowest BCUT2D eigenvalue weighted by Gasteiger charge is -2.43. The SMILES string of the molecule is CC(c1ccc(C(=O)N(C2CC2)C2CCN(C3CCC(C#N)CC3)CC2)cc1)C(F)(F)F. The van der Waals surface area contributed by atoms with E-state index >= 15 is 0 Å². The second-order valence-corrected chi connectivity index (χ2v) is 9.73. The Kier molecular flexibility index (Phi) is 6.80. The summed E-state index contributed by atoms with van der Waals surface area (Å²) in [6.07, 6.45) is 3.72. The van der Waals surface area contributed by atoms with E-state index in [1.54, 1.807) is 12.1 Å². The van der Waals surface area contributed by atoms with E-state index in [1.165, 1.54) is 12.1 Å². The van der Waals surface area contributed by atoms with Crippen LogP contribution in [0.1, 0.15) is 80.1 Å². The molecule has 3 fully saturated rings. The summed E-state index contributed by atoms with van der Waals surface area (Å²) in [6.45, 7) is 3.07. The number of carbonyl (C=O) groups excluding carboxylic acids is 1. The normalized spacial score (nSPS) is 26.3. The van der Waals surface area contributed by atoms with Gasteiger partial charge in [-0.2, -0.15) is 18.4 Å². The number of amides is 1. The van der Waals surface area contributed by atoms with Gasteiger partial charge in [0.05, 0.1) is 12.0 Å². The van der Waals surface area contributed by atoms with Gasteiger partial charge in [-0.15, -0.1) is 0 Å². The number of hydrogen-bond acceptors (Lipinski definition) is 3. The van der Waals surface area contributed by atoms with Crippen LogP contribution in [0.2, 0.25) is 0 Å². The molecular formula is C25H32F3N3O. The minimum atomic E-state index is -4.28. The molecule has 174 valence electrons. The summed E-state index contributed by atoms with van der Waals surface area (Å²) in [7, 11) is 0. The zero-order valence-electron chi connectivity index (χ0n) is 18.7. The van der Waals surface area contributed by atoms with Gasteiger partial charge >= 0.3 is 6.18 Å². The van der Waals surface area contributed by atoms with Crippen molar-refractivity contribution in [1.82, 2.24) is 9.80 Å². The van der Waals surface area contributed by atoms with Crippen LogP contribution < -0.4 is 0 Å². The van der Waals surface area contributed by atoms with Crippen molar-refractivity contribution in [2.75, 3.05) is 13.1 Å². The van der Waals surface area contributed by atoms with Crippen LogP contribution in [-0.2, 0) is 0 Å². The first kappa shape index (κ1) is 23.1. The zero-order chi connectivity index (χ0) is 22.9. The van der Waals surface area contributed by atoms with Crippen molar-refractivity contribution in [3.8, 4) is 6.07 Å². The average molecular weight is 448 g/mol. The maximum Gasteiger partial charge on any atom is 0.395 e. The summed E-state index contributed by atoms with van der Waals surface area (Å²) < 4.78 is 39.0. The second kappa shape index (κ2) is 9.43. The fourth-order valence-electron chi connectivity index (χ4n) is 5.33. The lowest BCUT2D eigenvalue weighted by atomic mass is 9.85. The maximum atomic E-state index is 13.3. The van der Waals surface area contributed by atoms with Crippen molar-refractivity contribution in [3.63, 3.8) is 0 Å². The number of alkyl halides is 3. The Morgan fingerprint density at radius 1 is 1.00 bits per heavy atom. The van der Waals surface area contributed by atoms with Gasteiger partial charge in [-0.05, 0) is 76.0 Å². The molecule has 1 atom stereocenters. The molecule has 1 heterocycles. The predicted octanol–water partition coefficient (Wildman–Crippen LogP) is 5.50. The molecule has 1 aliphatic heterocycles. The van der Waals surface area contributed by atoms with Crippen LogP contribution in [0.3, 0.4) is 0 Å². The summed E-state index contributed by atoms with van der Waals surface area (Å²) in [5.74, 6) is -1.39. The van der Waals surface area contributed by atoms with Crippen LogP contribution in [-0.4, -0.2) is 53.1 Å². The maximum absolute atomic E-state index is 13.3. The van der Waals surface area contributed by atoms with E-state index in [1.807, 2.05) is 4.90 Å². The number of hydrogen-bond donors (Lipinski definition) is 0. The van der Waals surface area contributed by atoms with Crippen LogP contribution >= 0.6 is 0 Å². The largest absolute Gasteiger partial charge is 0.395 e. The van der Waals surface area contributed by atoms with E-state index < -0.39 is 12.1 Å². The Morgan fingerprint density at radius 3 is 2.06 bits per heavy atom. The minimum Gasteiger partial charge on any atom is -0.333 e. The Hall–Kier alpha value is -2.07. The molecule has 0 N–H and O–H groups in total. The van der Waals surface area contributed by atoms with Crippen molar-refractivity contribution in [1.29, 1.82) is 5.26 Å². The third-order valence-corrected chi connectivity index (χ3v) is 7.61. The summed E-state index contributed by atoms with van der Waals surface area (Å²) >= 11 is 0. The molecule has 0 bridgehead atoms. The number of likely N-dealkylation sites (tertiary alicyclic amines) is 1. The quantitative estimate of drug-likeness (QED) is 0.599. The summed E-state index contributed by atoms with van der Waals surface area (Å²) in [4.78, 5) is 17.9. The van der Waals surface area contributed by atoms with E-state index in [4.69, 9.17) is 5.26 Å². The van der Waals surface area contributed by atoms with Gasteiger partial charge < -0.3 is 9.80 Å². The Morgan fingerprint density at radius 2 is 1.56 bits per heavy atom. The number of halogens is 3. The molecule has 2 saturated carbocycles. The molecule has 0 radical (unpaired) electrons. The third-order valence-electron chi connectivity index (χ3n) is 7.61. The predicted molar refractivity (Wildman–Crippen MR) is 116 cm³/mol. The van der Waals surface area contributed by atoms with Crippen molar-refractivity contribution < 1.29 is 18.0 Å². The molecule has 1 aromatic carbocycles. The average Bonchev–Trinajstić information content (AvgIpc) is 3.64. The summed E-state index contributed by atoms with van der Waals surface area (Å²) in [5.41, 5.74) is 0.665. The summed E-state index contributed by atoms with van der Waals surface area (Å²) in [5, 5.41) is 9.11. The fraction of sp³-hybridized carbons (Fsp3) is 0.680. The highest BCUT2D eigenvalue weighted by atomic mass is 19.4. The molecule has 4 rings (SSSR count). The number of piperidine rings is 1. The van der Waals surface area contributed by atoms with E-state index in [2.05, 4.69) is 11.0 Å². The van der Waals surface area contributed by atoms with Crippen LogP contribution in [0.4, 0.5) is 13.2 Å². The first-order valence-electron chi connectivity index (χ1n) is 11.9. The van der Waals surface area contributed by atoms with Gasteiger partial charge in [-0.25, -0.2) is 0 Å². The summed E-state index contributed by atoms with van der Waals surface area (Å²) in [6, 6.07) is 9.39. The molecular weight excluding hydrogens is 415 g/mol. The van der Waals surface area contributed by atoms with Gasteiger partial charge in [0.15, 0.2) is 0 Å². The lowest BCUT2D eigenvalue weighted by molar-refractivity contribution is -0.146. The number of benzene rings is 1. The second-order valence-electron chi connectivity index (χ2n) is 9.73. The number of nitriles is 1.